The van der Waals surface area contributed by atoms with Crippen molar-refractivity contribution in [3.63, 3.8) is 0 Å². The average Bonchev–Trinajstić information content (AvgIpc) is 3.14. The Morgan fingerprint density at radius 2 is 1.86 bits per heavy atom. The summed E-state index contributed by atoms with van der Waals surface area (Å²) in [6, 6.07) is 14.8. The van der Waals surface area contributed by atoms with Gasteiger partial charge in [0.15, 0.2) is 5.78 Å². The summed E-state index contributed by atoms with van der Waals surface area (Å²) in [6.07, 6.45) is 3.23. The van der Waals surface area contributed by atoms with E-state index in [1.54, 1.807) is 36.6 Å². The first kappa shape index (κ1) is 25.2. The van der Waals surface area contributed by atoms with Gasteiger partial charge in [-0.25, -0.2) is 0 Å². The van der Waals surface area contributed by atoms with Crippen LogP contribution in [-0.2, 0) is 23.1 Å². The Balaban J connectivity index is 1.92. The zero-order chi connectivity index (χ0) is 25.9. The molecule has 1 amide bonds. The van der Waals surface area contributed by atoms with E-state index < -0.39 is 11.4 Å². The second-order valence-electron chi connectivity index (χ2n) is 9.12. The third kappa shape index (κ3) is 4.30. The number of amides is 1. The van der Waals surface area contributed by atoms with E-state index in [1.165, 1.54) is 0 Å². The van der Waals surface area contributed by atoms with Gasteiger partial charge in [0.05, 0.1) is 19.3 Å². The minimum absolute atomic E-state index is 0.0598. The molecule has 1 aliphatic heterocycles. The molecule has 1 aromatic heterocycles. The van der Waals surface area contributed by atoms with Crippen molar-refractivity contribution in [2.24, 2.45) is 12.5 Å². The number of para-hydroxylation sites is 1. The molecule has 0 saturated carbocycles. The number of Topliss-reactive ketones (excluding diaryl/α,β-unsaturated/α-hetero) is 1. The maximum absolute atomic E-state index is 14.4. The summed E-state index contributed by atoms with van der Waals surface area (Å²) in [5.41, 5.74) is 0.699. The van der Waals surface area contributed by atoms with Crippen LogP contribution < -0.4 is 4.74 Å². The van der Waals surface area contributed by atoms with Crippen molar-refractivity contribution in [3.05, 3.63) is 78.0 Å². The van der Waals surface area contributed by atoms with Gasteiger partial charge in [0.1, 0.15) is 16.9 Å². The third-order valence-electron chi connectivity index (χ3n) is 6.93. The Morgan fingerprint density at radius 1 is 1.14 bits per heavy atom. The lowest BCUT2D eigenvalue weighted by Crippen LogP contribution is -2.49. The van der Waals surface area contributed by atoms with Crippen LogP contribution in [0.5, 0.6) is 5.75 Å². The van der Waals surface area contributed by atoms with Gasteiger partial charge >= 0.3 is 5.97 Å². The summed E-state index contributed by atoms with van der Waals surface area (Å²) in [6.45, 7) is 5.82. The first-order valence-electron chi connectivity index (χ1n) is 12.2. The van der Waals surface area contributed by atoms with E-state index >= 15 is 0 Å². The van der Waals surface area contributed by atoms with Crippen LogP contribution in [0, 0.1) is 5.41 Å². The molecule has 0 fully saturated rings. The molecule has 1 aliphatic rings. The number of hydrogen-bond acceptors (Lipinski definition) is 5. The number of rotatable bonds is 9. The van der Waals surface area contributed by atoms with Gasteiger partial charge in [0, 0.05) is 31.0 Å². The van der Waals surface area contributed by atoms with Crippen LogP contribution >= 0.6 is 0 Å². The highest BCUT2D eigenvalue weighted by Crippen LogP contribution is 2.41. The molecule has 2 heterocycles. The standard InChI is InChI=1S/C29H32N2O5/c1-5-7-10-17-29(28(34)36-6-2)19-31(18-20-13-15-21(35-4)16-14-20)27(33)25-24(26(29)32)22-11-8-9-12-23(22)30(25)3/h5,8-9,11-16H,1,6-7,10,17-19H2,2-4H3. The van der Waals surface area contributed by atoms with Crippen LogP contribution in [0.15, 0.2) is 61.2 Å². The number of methoxy groups -OCH3 is 1. The Morgan fingerprint density at radius 3 is 2.53 bits per heavy atom. The van der Waals surface area contributed by atoms with E-state index in [-0.39, 0.29) is 37.8 Å². The highest BCUT2D eigenvalue weighted by molar-refractivity contribution is 6.24. The molecule has 4 rings (SSSR count). The second-order valence-corrected chi connectivity index (χ2v) is 9.12. The highest BCUT2D eigenvalue weighted by atomic mass is 16.5. The Labute approximate surface area is 211 Å². The van der Waals surface area contributed by atoms with Crippen LogP contribution in [0.2, 0.25) is 0 Å². The first-order chi connectivity index (χ1) is 17.4. The minimum atomic E-state index is -1.52. The number of fused-ring (bicyclic) bond motifs is 3. The number of unbranched alkanes of at least 4 members (excludes halogenated alkanes) is 1. The topological polar surface area (TPSA) is 77.8 Å². The Kier molecular flexibility index (Phi) is 7.29. The number of benzene rings is 2. The van der Waals surface area contributed by atoms with Crippen molar-refractivity contribution in [3.8, 4) is 5.75 Å². The number of nitrogens with zero attached hydrogens (tertiary/aromatic N) is 2. The van der Waals surface area contributed by atoms with E-state index in [9.17, 15) is 14.4 Å². The van der Waals surface area contributed by atoms with Gasteiger partial charge in [-0.05, 0) is 49.9 Å². The number of aromatic nitrogens is 1. The molecule has 36 heavy (non-hydrogen) atoms. The van der Waals surface area contributed by atoms with Crippen LogP contribution in [0.25, 0.3) is 10.9 Å². The molecule has 7 nitrogen and oxygen atoms in total. The number of hydrogen-bond donors (Lipinski definition) is 0. The second kappa shape index (κ2) is 10.4. The number of ether oxygens (including phenoxy) is 2. The fourth-order valence-corrected chi connectivity index (χ4v) is 5.08. The monoisotopic (exact) mass is 488 g/mol. The molecule has 0 N–H and O–H groups in total. The van der Waals surface area contributed by atoms with Crippen molar-refractivity contribution in [1.29, 1.82) is 0 Å². The molecule has 2 aromatic carbocycles. The van der Waals surface area contributed by atoms with Crippen LogP contribution in [-0.4, -0.2) is 47.4 Å². The molecule has 0 radical (unpaired) electrons. The maximum Gasteiger partial charge on any atom is 0.321 e. The Hall–Kier alpha value is -3.87. The highest BCUT2D eigenvalue weighted by Gasteiger charge is 2.53. The summed E-state index contributed by atoms with van der Waals surface area (Å²) in [5, 5.41) is 0.664. The molecule has 0 bridgehead atoms. The van der Waals surface area contributed by atoms with Gasteiger partial charge in [-0.3, -0.25) is 14.4 Å². The van der Waals surface area contributed by atoms with Crippen molar-refractivity contribution in [1.82, 2.24) is 9.47 Å². The van der Waals surface area contributed by atoms with E-state index in [4.69, 9.17) is 9.47 Å². The lowest BCUT2D eigenvalue weighted by Gasteiger charge is -2.33. The zero-order valence-corrected chi connectivity index (χ0v) is 21.1. The predicted octanol–water partition coefficient (Wildman–Crippen LogP) is 4.93. The van der Waals surface area contributed by atoms with E-state index in [1.807, 2.05) is 48.5 Å². The molecule has 1 unspecified atom stereocenters. The number of aryl methyl sites for hydroxylation is 1. The summed E-state index contributed by atoms with van der Waals surface area (Å²) in [4.78, 5) is 43.6. The molecule has 0 aliphatic carbocycles. The average molecular weight is 489 g/mol. The maximum atomic E-state index is 14.4. The van der Waals surface area contributed by atoms with Gasteiger partial charge in [-0.1, -0.05) is 36.4 Å². The molecule has 0 spiro atoms. The number of carbonyl (C=O) groups excluding carboxylic acids is 3. The number of esters is 1. The van der Waals surface area contributed by atoms with Crippen molar-refractivity contribution in [2.45, 2.75) is 32.7 Å². The zero-order valence-electron chi connectivity index (χ0n) is 21.1. The predicted molar refractivity (Wildman–Crippen MR) is 138 cm³/mol. The Bertz CT molecular complexity index is 1310. The molecule has 1 atom stereocenters. The van der Waals surface area contributed by atoms with Crippen molar-refractivity contribution >= 4 is 28.6 Å². The lowest BCUT2D eigenvalue weighted by molar-refractivity contribution is -0.153. The fraction of sp³-hybridized carbons (Fsp3) is 0.345. The normalized spacial score (nSPS) is 17.6. The summed E-state index contributed by atoms with van der Waals surface area (Å²) in [5.74, 6) is -0.532. The van der Waals surface area contributed by atoms with Gasteiger partial charge in [-0.15, -0.1) is 6.58 Å². The molecule has 0 saturated heterocycles. The van der Waals surface area contributed by atoms with Crippen LogP contribution in [0.1, 0.15) is 52.6 Å². The minimum Gasteiger partial charge on any atom is -0.497 e. The van der Waals surface area contributed by atoms with E-state index in [0.29, 0.717) is 35.2 Å². The summed E-state index contributed by atoms with van der Waals surface area (Å²) >= 11 is 0. The molecule has 3 aromatic rings. The van der Waals surface area contributed by atoms with E-state index in [0.717, 1.165) is 11.1 Å². The number of ketones is 1. The number of allylic oxidation sites excluding steroid dienone is 1. The number of carbonyl (C=O) groups is 3. The molecular formula is C29H32N2O5. The van der Waals surface area contributed by atoms with Crippen molar-refractivity contribution < 1.29 is 23.9 Å². The quantitative estimate of drug-likeness (QED) is 0.185. The molecular weight excluding hydrogens is 456 g/mol. The van der Waals surface area contributed by atoms with E-state index in [2.05, 4.69) is 6.58 Å². The van der Waals surface area contributed by atoms with Crippen molar-refractivity contribution in [2.75, 3.05) is 20.3 Å². The van der Waals surface area contributed by atoms with Gasteiger partial charge < -0.3 is 18.9 Å². The SMILES string of the molecule is C=CCCCC1(C(=O)OCC)CN(Cc2ccc(OC)cc2)C(=O)c2c(c3ccccc3n2C)C1=O. The molecule has 188 valence electrons. The fourth-order valence-electron chi connectivity index (χ4n) is 5.08. The lowest BCUT2D eigenvalue weighted by atomic mass is 9.75. The van der Waals surface area contributed by atoms with Crippen LogP contribution in [0.4, 0.5) is 0 Å². The molecule has 7 heteroatoms. The van der Waals surface area contributed by atoms with Gasteiger partial charge in [0.25, 0.3) is 5.91 Å². The van der Waals surface area contributed by atoms with Crippen LogP contribution in [0.3, 0.4) is 0 Å². The smallest absolute Gasteiger partial charge is 0.321 e. The third-order valence-corrected chi connectivity index (χ3v) is 6.93. The first-order valence-corrected chi connectivity index (χ1v) is 12.2. The largest absolute Gasteiger partial charge is 0.497 e. The van der Waals surface area contributed by atoms with Gasteiger partial charge in [0.2, 0.25) is 0 Å². The van der Waals surface area contributed by atoms with Gasteiger partial charge in [-0.2, -0.15) is 0 Å². The summed E-state index contributed by atoms with van der Waals surface area (Å²) < 4.78 is 12.5. The summed E-state index contributed by atoms with van der Waals surface area (Å²) in [7, 11) is 3.38.